The third-order valence-electron chi connectivity index (χ3n) is 7.04. The van der Waals surface area contributed by atoms with Gasteiger partial charge in [0.1, 0.15) is 0 Å². The molecule has 4 atom stereocenters. The molecule has 4 unspecified atom stereocenters. The van der Waals surface area contributed by atoms with E-state index in [1.54, 1.807) is 0 Å². The fourth-order valence-corrected chi connectivity index (χ4v) is 4.67. The molecule has 0 aromatic carbocycles. The summed E-state index contributed by atoms with van der Waals surface area (Å²) in [6.07, 6.45) is 25.2. The lowest BCUT2D eigenvalue weighted by Gasteiger charge is -2.24. The van der Waals surface area contributed by atoms with Gasteiger partial charge in [-0.05, 0) is 41.9 Å². The molecule has 0 aliphatic heterocycles. The molecule has 0 amide bonds. The normalized spacial score (nSPS) is 25.3. The first-order valence-corrected chi connectivity index (χ1v) is 19.9. The fourth-order valence-electron chi connectivity index (χ4n) is 4.67. The summed E-state index contributed by atoms with van der Waals surface area (Å²) in [5.41, 5.74) is 0. The maximum absolute atomic E-state index is 2.38. The van der Waals surface area contributed by atoms with Crippen LogP contribution in [0.3, 0.4) is 0 Å². The van der Waals surface area contributed by atoms with Crippen LogP contribution in [0.1, 0.15) is 240 Å². The van der Waals surface area contributed by atoms with Crippen LogP contribution in [0.15, 0.2) is 0 Å². The van der Waals surface area contributed by atoms with Gasteiger partial charge in [-0.3, -0.25) is 0 Å². The van der Waals surface area contributed by atoms with E-state index in [0.717, 1.165) is 35.5 Å². The van der Waals surface area contributed by atoms with Crippen LogP contribution >= 0.6 is 0 Å². The van der Waals surface area contributed by atoms with Crippen LogP contribution in [0, 0.1) is 35.5 Å². The fraction of sp³-hybridized carbons (Fsp3) is 1.00. The number of hydrogen-bond acceptors (Lipinski definition) is 0. The molecule has 0 radical (unpaired) electrons. The van der Waals surface area contributed by atoms with Crippen molar-refractivity contribution in [2.45, 2.75) is 240 Å². The number of hydrogen-bond donors (Lipinski definition) is 0. The smallest absolute Gasteiger partial charge is 0.0417 e. The molecule has 264 valence electrons. The number of rotatable bonds is 0. The summed E-state index contributed by atoms with van der Waals surface area (Å²) in [5.74, 6) is 6.07. The molecule has 3 fully saturated rings. The van der Waals surface area contributed by atoms with Gasteiger partial charge >= 0.3 is 0 Å². The predicted molar refractivity (Wildman–Crippen MR) is 206 cm³/mol. The van der Waals surface area contributed by atoms with Crippen molar-refractivity contribution in [2.75, 3.05) is 0 Å². The average Bonchev–Trinajstić information content (AvgIpc) is 2.91. The first-order chi connectivity index (χ1) is 19.9. The van der Waals surface area contributed by atoms with Crippen LogP contribution in [-0.2, 0) is 0 Å². The van der Waals surface area contributed by atoms with E-state index in [1.807, 2.05) is 0 Å². The molecule has 0 heteroatoms. The Morgan fingerprint density at radius 1 is 0.286 bits per heavy atom. The van der Waals surface area contributed by atoms with Crippen molar-refractivity contribution in [3.63, 3.8) is 0 Å². The van der Waals surface area contributed by atoms with Gasteiger partial charge in [-0.1, -0.05) is 234 Å². The Morgan fingerprint density at radius 2 is 0.500 bits per heavy atom. The van der Waals surface area contributed by atoms with Crippen molar-refractivity contribution in [1.82, 2.24) is 0 Å². The molecular formula is C42H96. The highest BCUT2D eigenvalue weighted by Gasteiger charge is 2.16. The van der Waals surface area contributed by atoms with Gasteiger partial charge in [0.05, 0.1) is 0 Å². The van der Waals surface area contributed by atoms with E-state index in [4.69, 9.17) is 0 Å². The Kier molecular flexibility index (Phi) is 65.7. The summed E-state index contributed by atoms with van der Waals surface area (Å²) in [6.45, 7) is 39.7. The van der Waals surface area contributed by atoms with E-state index < -0.39 is 0 Å². The van der Waals surface area contributed by atoms with Gasteiger partial charge in [-0.25, -0.2) is 0 Å². The summed E-state index contributed by atoms with van der Waals surface area (Å²) >= 11 is 0. The van der Waals surface area contributed by atoms with Gasteiger partial charge in [0.25, 0.3) is 0 Å². The average molecular weight is 601 g/mol. The van der Waals surface area contributed by atoms with Gasteiger partial charge in [-0.15, -0.1) is 0 Å². The van der Waals surface area contributed by atoms with Crippen LogP contribution in [0.25, 0.3) is 0 Å². The maximum atomic E-state index is 2.38. The molecule has 0 bridgehead atoms. The third-order valence-corrected chi connectivity index (χ3v) is 7.04. The summed E-state index contributed by atoms with van der Waals surface area (Å²) < 4.78 is 0. The monoisotopic (exact) mass is 601 g/mol. The lowest BCUT2D eigenvalue weighted by molar-refractivity contribution is 0.277. The minimum atomic E-state index is 1.00. The molecule has 42 heavy (non-hydrogen) atoms. The highest BCUT2D eigenvalue weighted by atomic mass is 14.2. The Labute approximate surface area is 275 Å². The second-order valence-electron chi connectivity index (χ2n) is 14.2. The largest absolute Gasteiger partial charge is 0.0656 e. The molecule has 0 nitrogen and oxygen atoms in total. The first kappa shape index (κ1) is 54.5. The van der Waals surface area contributed by atoms with E-state index in [2.05, 4.69) is 125 Å². The van der Waals surface area contributed by atoms with E-state index >= 15 is 0 Å². The maximum Gasteiger partial charge on any atom is -0.0417 e. The first-order valence-electron chi connectivity index (χ1n) is 19.9. The molecule has 0 aromatic rings. The SMILES string of the molecule is CC1CCC(C)CC1.CC1CCCC(C)C1.CC1CCCCC1C.CCC.CCC.CCC.CCC.CCC.CCC. The Hall–Kier alpha value is 0. The van der Waals surface area contributed by atoms with E-state index in [9.17, 15) is 0 Å². The topological polar surface area (TPSA) is 0 Å². The highest BCUT2D eigenvalue weighted by molar-refractivity contribution is 4.68. The van der Waals surface area contributed by atoms with Crippen molar-refractivity contribution in [1.29, 1.82) is 0 Å². The van der Waals surface area contributed by atoms with E-state index in [0.29, 0.717) is 0 Å². The Bertz CT molecular complexity index is 321. The molecule has 0 aromatic heterocycles. The van der Waals surface area contributed by atoms with Crippen molar-refractivity contribution in [2.24, 2.45) is 35.5 Å². The van der Waals surface area contributed by atoms with Gasteiger partial charge < -0.3 is 0 Å². The van der Waals surface area contributed by atoms with Crippen LogP contribution in [0.2, 0.25) is 0 Å². The molecule has 3 saturated carbocycles. The molecule has 0 saturated heterocycles. The summed E-state index contributed by atoms with van der Waals surface area (Å²) in [4.78, 5) is 0. The molecule has 0 heterocycles. The van der Waals surface area contributed by atoms with Crippen LogP contribution in [0.4, 0.5) is 0 Å². The quantitative estimate of drug-likeness (QED) is 0.259. The van der Waals surface area contributed by atoms with Crippen LogP contribution in [-0.4, -0.2) is 0 Å². The third kappa shape index (κ3) is 63.3. The minimum absolute atomic E-state index is 1.00. The van der Waals surface area contributed by atoms with E-state index in [-0.39, 0.29) is 0 Å². The van der Waals surface area contributed by atoms with Gasteiger partial charge in [0.15, 0.2) is 0 Å². The van der Waals surface area contributed by atoms with Crippen LogP contribution < -0.4 is 0 Å². The molecule has 3 aliphatic carbocycles. The van der Waals surface area contributed by atoms with Gasteiger partial charge in [0, 0.05) is 0 Å². The minimum Gasteiger partial charge on any atom is -0.0656 e. The molecule has 0 spiro atoms. The van der Waals surface area contributed by atoms with E-state index in [1.165, 1.54) is 116 Å². The highest BCUT2D eigenvalue weighted by Crippen LogP contribution is 2.29. The van der Waals surface area contributed by atoms with Crippen molar-refractivity contribution in [3.05, 3.63) is 0 Å². The second kappa shape index (κ2) is 50.6. The van der Waals surface area contributed by atoms with Crippen molar-refractivity contribution < 1.29 is 0 Å². The summed E-state index contributed by atoms with van der Waals surface area (Å²) in [6, 6.07) is 0. The van der Waals surface area contributed by atoms with Crippen molar-refractivity contribution in [3.8, 4) is 0 Å². The molecule has 0 N–H and O–H groups in total. The zero-order valence-electron chi connectivity index (χ0n) is 34.2. The second-order valence-corrected chi connectivity index (χ2v) is 14.2. The summed E-state index contributed by atoms with van der Waals surface area (Å²) in [5, 5.41) is 0. The van der Waals surface area contributed by atoms with Crippen molar-refractivity contribution >= 4 is 0 Å². The zero-order chi connectivity index (χ0) is 34.2. The standard InChI is InChI=1S/3C8H16.6C3H8/c1-7-3-5-8(2)6-4-7;1-7-4-3-5-8(2)6-7;1-7-5-3-4-6-8(7)2;6*1-3-2/h3*7-8H,3-6H2,1-2H3;6*3H2,1-2H3. The lowest BCUT2D eigenvalue weighted by Crippen LogP contribution is -2.12. The molecule has 3 aliphatic rings. The van der Waals surface area contributed by atoms with Gasteiger partial charge in [-0.2, -0.15) is 0 Å². The zero-order valence-corrected chi connectivity index (χ0v) is 34.2. The van der Waals surface area contributed by atoms with Crippen LogP contribution in [0.5, 0.6) is 0 Å². The lowest BCUT2D eigenvalue weighted by atomic mass is 9.82. The predicted octanol–water partition coefficient (Wildman–Crippen LogP) is 17.0. The van der Waals surface area contributed by atoms with Gasteiger partial charge in [0.2, 0.25) is 0 Å². The summed E-state index contributed by atoms with van der Waals surface area (Å²) in [7, 11) is 0. The molecule has 3 rings (SSSR count). The Balaban J connectivity index is -0.0000000912. The Morgan fingerprint density at radius 3 is 0.643 bits per heavy atom. The molecular weight excluding hydrogens is 504 g/mol.